The zero-order valence-corrected chi connectivity index (χ0v) is 20.3. The van der Waals surface area contributed by atoms with Gasteiger partial charge in [0, 0.05) is 23.3 Å². The zero-order chi connectivity index (χ0) is 23.3. The molecule has 0 atom stereocenters. The van der Waals surface area contributed by atoms with Crippen molar-refractivity contribution in [3.63, 3.8) is 0 Å². The Morgan fingerprint density at radius 1 is 1.09 bits per heavy atom. The van der Waals surface area contributed by atoms with Crippen LogP contribution in [0, 0.1) is 12.8 Å². The highest BCUT2D eigenvalue weighted by molar-refractivity contribution is 7.92. The van der Waals surface area contributed by atoms with Gasteiger partial charge in [-0.3, -0.25) is 14.6 Å². The number of benzene rings is 2. The molecule has 0 bridgehead atoms. The van der Waals surface area contributed by atoms with Crippen LogP contribution in [0.3, 0.4) is 0 Å². The van der Waals surface area contributed by atoms with E-state index in [0.29, 0.717) is 18.2 Å². The number of nitrogens with zero attached hydrogens (tertiary/aromatic N) is 2. The van der Waals surface area contributed by atoms with Crippen LogP contribution >= 0.6 is 0 Å². The van der Waals surface area contributed by atoms with Crippen LogP contribution in [-0.2, 0) is 16.4 Å². The minimum Gasteiger partial charge on any atom is -0.492 e. The number of hydrogen-bond donors (Lipinski definition) is 1. The van der Waals surface area contributed by atoms with E-state index in [4.69, 9.17) is 4.74 Å². The summed E-state index contributed by atoms with van der Waals surface area (Å²) in [7, 11) is -3.24. The topological polar surface area (TPSA) is 71.5 Å². The second kappa shape index (κ2) is 10.5. The molecule has 2 heterocycles. The van der Waals surface area contributed by atoms with Crippen molar-refractivity contribution in [1.82, 2.24) is 9.88 Å². The van der Waals surface area contributed by atoms with Crippen molar-refractivity contribution in [2.45, 2.75) is 33.1 Å². The van der Waals surface area contributed by atoms with Crippen LogP contribution in [0.25, 0.3) is 10.9 Å². The summed E-state index contributed by atoms with van der Waals surface area (Å²) in [5.74, 6) is 1.59. The van der Waals surface area contributed by atoms with Crippen LogP contribution in [0.15, 0.2) is 54.6 Å². The molecule has 1 saturated heterocycles. The molecule has 4 rings (SSSR count). The lowest BCUT2D eigenvalue weighted by atomic mass is 9.90. The van der Waals surface area contributed by atoms with E-state index in [2.05, 4.69) is 26.7 Å². The summed E-state index contributed by atoms with van der Waals surface area (Å²) in [6, 6.07) is 17.9. The average Bonchev–Trinajstić information content (AvgIpc) is 2.80. The second-order valence-corrected chi connectivity index (χ2v) is 10.8. The molecule has 1 N–H and O–H groups in total. The Kier molecular flexibility index (Phi) is 7.50. The first kappa shape index (κ1) is 23.5. The quantitative estimate of drug-likeness (QED) is 0.496. The van der Waals surface area contributed by atoms with Gasteiger partial charge < -0.3 is 4.74 Å². The fraction of sp³-hybridized carbons (Fsp3) is 0.423. The number of rotatable bonds is 9. The highest BCUT2D eigenvalue weighted by Crippen LogP contribution is 2.26. The molecule has 1 aliphatic rings. The van der Waals surface area contributed by atoms with Gasteiger partial charge in [-0.1, -0.05) is 18.2 Å². The van der Waals surface area contributed by atoms with E-state index in [1.807, 2.05) is 49.4 Å². The van der Waals surface area contributed by atoms with Gasteiger partial charge in [-0.05, 0) is 94.1 Å². The van der Waals surface area contributed by atoms with Crippen LogP contribution < -0.4 is 9.46 Å². The Hall–Kier alpha value is -2.64. The zero-order valence-electron chi connectivity index (χ0n) is 19.5. The third-order valence-electron chi connectivity index (χ3n) is 6.31. The summed E-state index contributed by atoms with van der Waals surface area (Å²) in [6.45, 7) is 7.35. The summed E-state index contributed by atoms with van der Waals surface area (Å²) in [5.41, 5.74) is 3.83. The van der Waals surface area contributed by atoms with Crippen molar-refractivity contribution in [3.05, 3.63) is 65.9 Å². The number of piperidine rings is 1. The molecule has 0 radical (unpaired) electrons. The molecule has 0 amide bonds. The monoisotopic (exact) mass is 467 g/mol. The standard InChI is InChI=1S/C26H33N3O3S/c1-3-33(30,31)28-23-7-4-6-22(19-23)18-21-12-14-29(15-13-21)16-17-32-26-9-5-8-25-24(26)11-10-20(2)27-25/h4-11,19,21,28H,3,12-18H2,1-2H3. The molecular formula is C26H33N3O3S. The number of likely N-dealkylation sites (tertiary alicyclic amines) is 1. The third kappa shape index (κ3) is 6.45. The molecule has 0 saturated carbocycles. The van der Waals surface area contributed by atoms with E-state index in [1.54, 1.807) is 6.92 Å². The van der Waals surface area contributed by atoms with Crippen LogP contribution in [0.1, 0.15) is 31.0 Å². The van der Waals surface area contributed by atoms with Gasteiger partial charge in [0.25, 0.3) is 0 Å². The maximum atomic E-state index is 11.8. The predicted octanol–water partition coefficient (Wildman–Crippen LogP) is 4.64. The molecule has 3 aromatic rings. The third-order valence-corrected chi connectivity index (χ3v) is 7.61. The van der Waals surface area contributed by atoms with Gasteiger partial charge in [0.2, 0.25) is 10.0 Å². The van der Waals surface area contributed by atoms with Gasteiger partial charge in [-0.25, -0.2) is 8.42 Å². The summed E-state index contributed by atoms with van der Waals surface area (Å²) >= 11 is 0. The largest absolute Gasteiger partial charge is 0.492 e. The first-order valence-corrected chi connectivity index (χ1v) is 13.4. The van der Waals surface area contributed by atoms with E-state index < -0.39 is 10.0 Å². The number of aryl methyl sites for hydroxylation is 1. The molecule has 1 aromatic heterocycles. The van der Waals surface area contributed by atoms with Gasteiger partial charge in [0.1, 0.15) is 12.4 Å². The maximum Gasteiger partial charge on any atom is 0.232 e. The number of nitrogens with one attached hydrogen (secondary N) is 1. The molecule has 0 unspecified atom stereocenters. The van der Waals surface area contributed by atoms with Gasteiger partial charge in [-0.15, -0.1) is 0 Å². The lowest BCUT2D eigenvalue weighted by molar-refractivity contribution is 0.155. The Bertz CT molecular complexity index is 1190. The van der Waals surface area contributed by atoms with Gasteiger partial charge in [0.15, 0.2) is 0 Å². The number of sulfonamides is 1. The molecule has 176 valence electrons. The van der Waals surface area contributed by atoms with E-state index in [0.717, 1.165) is 61.2 Å². The first-order valence-electron chi connectivity index (χ1n) is 11.7. The number of fused-ring (bicyclic) bond motifs is 1. The van der Waals surface area contributed by atoms with Crippen LogP contribution in [-0.4, -0.2) is 50.3 Å². The van der Waals surface area contributed by atoms with E-state index >= 15 is 0 Å². The molecule has 7 heteroatoms. The molecule has 2 aromatic carbocycles. The first-order chi connectivity index (χ1) is 15.9. The average molecular weight is 468 g/mol. The van der Waals surface area contributed by atoms with Crippen molar-refractivity contribution < 1.29 is 13.2 Å². The van der Waals surface area contributed by atoms with Gasteiger partial charge in [0.05, 0.1) is 11.3 Å². The Morgan fingerprint density at radius 2 is 1.88 bits per heavy atom. The minimum atomic E-state index is -3.24. The summed E-state index contributed by atoms with van der Waals surface area (Å²) < 4.78 is 32.4. The normalized spacial score (nSPS) is 15.6. The number of hydrogen-bond acceptors (Lipinski definition) is 5. The lowest BCUT2D eigenvalue weighted by Gasteiger charge is -2.32. The molecule has 1 aliphatic heterocycles. The van der Waals surface area contributed by atoms with Crippen molar-refractivity contribution in [2.75, 3.05) is 36.7 Å². The van der Waals surface area contributed by atoms with Crippen molar-refractivity contribution in [3.8, 4) is 5.75 Å². The Morgan fingerprint density at radius 3 is 2.67 bits per heavy atom. The van der Waals surface area contributed by atoms with Crippen molar-refractivity contribution >= 4 is 26.6 Å². The molecule has 1 fully saturated rings. The van der Waals surface area contributed by atoms with Crippen molar-refractivity contribution in [1.29, 1.82) is 0 Å². The van der Waals surface area contributed by atoms with E-state index in [-0.39, 0.29) is 5.75 Å². The molecular weight excluding hydrogens is 434 g/mol. The molecule has 0 aliphatic carbocycles. The smallest absolute Gasteiger partial charge is 0.232 e. The summed E-state index contributed by atoms with van der Waals surface area (Å²) in [5, 5.41) is 1.06. The van der Waals surface area contributed by atoms with E-state index in [9.17, 15) is 8.42 Å². The maximum absolute atomic E-state index is 11.8. The lowest BCUT2D eigenvalue weighted by Crippen LogP contribution is -2.37. The van der Waals surface area contributed by atoms with Gasteiger partial charge in [-0.2, -0.15) is 0 Å². The number of ether oxygens (including phenoxy) is 1. The summed E-state index contributed by atoms with van der Waals surface area (Å²) in [4.78, 5) is 7.05. The molecule has 0 spiro atoms. The highest BCUT2D eigenvalue weighted by atomic mass is 32.2. The van der Waals surface area contributed by atoms with Crippen molar-refractivity contribution in [2.24, 2.45) is 5.92 Å². The van der Waals surface area contributed by atoms with Crippen LogP contribution in [0.4, 0.5) is 5.69 Å². The van der Waals surface area contributed by atoms with Crippen LogP contribution in [0.2, 0.25) is 0 Å². The summed E-state index contributed by atoms with van der Waals surface area (Å²) in [6.07, 6.45) is 3.26. The highest BCUT2D eigenvalue weighted by Gasteiger charge is 2.20. The minimum absolute atomic E-state index is 0.0798. The Balaban J connectivity index is 1.24. The predicted molar refractivity (Wildman–Crippen MR) is 134 cm³/mol. The van der Waals surface area contributed by atoms with Gasteiger partial charge >= 0.3 is 0 Å². The SMILES string of the molecule is CCS(=O)(=O)Nc1cccc(CC2CCN(CCOc3cccc4nc(C)ccc34)CC2)c1. The number of anilines is 1. The molecule has 6 nitrogen and oxygen atoms in total. The fourth-order valence-corrected chi connectivity index (χ4v) is 5.03. The Labute approximate surface area is 197 Å². The number of pyridine rings is 1. The second-order valence-electron chi connectivity index (χ2n) is 8.82. The van der Waals surface area contributed by atoms with E-state index in [1.165, 1.54) is 5.56 Å². The van der Waals surface area contributed by atoms with Crippen LogP contribution in [0.5, 0.6) is 5.75 Å². The molecule has 33 heavy (non-hydrogen) atoms. The number of aromatic nitrogens is 1. The fourth-order valence-electron chi connectivity index (χ4n) is 4.40.